The zero-order valence-electron chi connectivity index (χ0n) is 15.1. The lowest BCUT2D eigenvalue weighted by atomic mass is 10.1. The van der Waals surface area contributed by atoms with Crippen LogP contribution >= 0.6 is 27.7 Å². The molecule has 0 bridgehead atoms. The molecule has 0 radical (unpaired) electrons. The highest BCUT2D eigenvalue weighted by molar-refractivity contribution is 9.10. The van der Waals surface area contributed by atoms with Gasteiger partial charge in [0.05, 0.1) is 0 Å². The van der Waals surface area contributed by atoms with Crippen molar-refractivity contribution < 1.29 is 9.21 Å². The van der Waals surface area contributed by atoms with Crippen molar-refractivity contribution in [2.75, 3.05) is 13.1 Å². The van der Waals surface area contributed by atoms with Gasteiger partial charge in [0, 0.05) is 23.1 Å². The van der Waals surface area contributed by atoms with E-state index in [4.69, 9.17) is 4.42 Å². The minimum absolute atomic E-state index is 0.0402. The van der Waals surface area contributed by atoms with Crippen molar-refractivity contribution in [1.29, 1.82) is 0 Å². The first-order chi connectivity index (χ1) is 13.1. The number of likely N-dealkylation sites (N-methyl/N-ethyl adjacent to an activating group) is 1. The van der Waals surface area contributed by atoms with Gasteiger partial charge in [-0.3, -0.25) is 4.79 Å². The molecule has 0 saturated carbocycles. The maximum Gasteiger partial charge on any atom is 0.277 e. The van der Waals surface area contributed by atoms with Crippen molar-refractivity contribution in [2.45, 2.75) is 24.3 Å². The van der Waals surface area contributed by atoms with Gasteiger partial charge in [0.1, 0.15) is 5.25 Å². The van der Waals surface area contributed by atoms with Gasteiger partial charge in [0.15, 0.2) is 0 Å². The Morgan fingerprint density at radius 1 is 1.11 bits per heavy atom. The van der Waals surface area contributed by atoms with Crippen molar-refractivity contribution in [1.82, 2.24) is 15.1 Å². The maximum absolute atomic E-state index is 13.0. The monoisotopic (exact) mass is 445 g/mol. The second-order valence-corrected chi connectivity index (χ2v) is 7.77. The quantitative estimate of drug-likeness (QED) is 0.467. The third-order valence-electron chi connectivity index (χ3n) is 4.10. The van der Waals surface area contributed by atoms with Crippen LogP contribution in [0, 0.1) is 0 Å². The van der Waals surface area contributed by atoms with Gasteiger partial charge in [0.2, 0.25) is 11.8 Å². The van der Waals surface area contributed by atoms with Gasteiger partial charge in [-0.05, 0) is 49.4 Å². The number of carbonyl (C=O) groups excluding carboxylic acids is 1. The molecule has 0 aliphatic carbocycles. The molecule has 1 amide bonds. The molecular formula is C20H20BrN3O2S. The van der Waals surface area contributed by atoms with Gasteiger partial charge in [-0.25, -0.2) is 0 Å². The van der Waals surface area contributed by atoms with Gasteiger partial charge < -0.3 is 9.32 Å². The Morgan fingerprint density at radius 2 is 1.85 bits per heavy atom. The number of halogens is 1. The highest BCUT2D eigenvalue weighted by Gasteiger charge is 2.28. The van der Waals surface area contributed by atoms with Crippen molar-refractivity contribution in [3.8, 4) is 11.5 Å². The van der Waals surface area contributed by atoms with E-state index in [1.807, 2.05) is 73.3 Å². The van der Waals surface area contributed by atoms with E-state index in [1.165, 1.54) is 11.8 Å². The average molecular weight is 446 g/mol. The van der Waals surface area contributed by atoms with Gasteiger partial charge in [-0.15, -0.1) is 10.2 Å². The van der Waals surface area contributed by atoms with Crippen LogP contribution in [0.5, 0.6) is 0 Å². The average Bonchev–Trinajstić information content (AvgIpc) is 3.16. The Hall–Kier alpha value is -2.12. The summed E-state index contributed by atoms with van der Waals surface area (Å²) in [5.41, 5.74) is 1.75. The van der Waals surface area contributed by atoms with Gasteiger partial charge >= 0.3 is 0 Å². The lowest BCUT2D eigenvalue weighted by Gasteiger charge is -2.24. The number of amides is 1. The highest BCUT2D eigenvalue weighted by atomic mass is 79.9. The van der Waals surface area contributed by atoms with Gasteiger partial charge in [-0.1, -0.05) is 52.3 Å². The van der Waals surface area contributed by atoms with Crippen LogP contribution in [0.4, 0.5) is 0 Å². The van der Waals surface area contributed by atoms with Crippen LogP contribution in [0.25, 0.3) is 11.5 Å². The highest BCUT2D eigenvalue weighted by Crippen LogP contribution is 2.37. The molecule has 3 rings (SSSR count). The summed E-state index contributed by atoms with van der Waals surface area (Å²) in [6, 6.07) is 17.4. The first-order valence-corrected chi connectivity index (χ1v) is 10.4. The molecule has 0 aliphatic heterocycles. The molecule has 7 heteroatoms. The van der Waals surface area contributed by atoms with E-state index in [0.717, 1.165) is 15.6 Å². The van der Waals surface area contributed by atoms with E-state index in [0.29, 0.717) is 24.2 Å². The van der Waals surface area contributed by atoms with Crippen molar-refractivity contribution in [3.05, 3.63) is 64.6 Å². The molecule has 0 fully saturated rings. The second kappa shape index (κ2) is 9.19. The third kappa shape index (κ3) is 4.78. The first-order valence-electron chi connectivity index (χ1n) is 8.72. The number of thioether (sulfide) groups is 1. The van der Waals surface area contributed by atoms with Crippen molar-refractivity contribution >= 4 is 33.6 Å². The molecule has 1 unspecified atom stereocenters. The standard InChI is InChI=1S/C20H20BrN3O2S/c1-3-24(4-2)19(25)17(14-9-6-5-7-10-14)27-20-23-22-18(26-20)15-11-8-12-16(21)13-15/h5-13,17H,3-4H2,1-2H3. The Kier molecular flexibility index (Phi) is 6.68. The lowest BCUT2D eigenvalue weighted by molar-refractivity contribution is -0.130. The number of hydrogen-bond donors (Lipinski definition) is 0. The number of hydrogen-bond acceptors (Lipinski definition) is 5. The van der Waals surface area contributed by atoms with E-state index < -0.39 is 5.25 Å². The molecule has 5 nitrogen and oxygen atoms in total. The largest absolute Gasteiger partial charge is 0.411 e. The molecule has 0 spiro atoms. The van der Waals surface area contributed by atoms with E-state index in [9.17, 15) is 4.79 Å². The number of benzene rings is 2. The Labute approximate surface area is 171 Å². The van der Waals surface area contributed by atoms with Gasteiger partial charge in [-0.2, -0.15) is 0 Å². The maximum atomic E-state index is 13.0. The minimum atomic E-state index is -0.429. The topological polar surface area (TPSA) is 59.2 Å². The molecule has 27 heavy (non-hydrogen) atoms. The predicted molar refractivity (Wildman–Crippen MR) is 110 cm³/mol. The van der Waals surface area contributed by atoms with E-state index in [2.05, 4.69) is 26.1 Å². The zero-order valence-corrected chi connectivity index (χ0v) is 17.5. The summed E-state index contributed by atoms with van der Waals surface area (Å²) in [5, 5.41) is 8.22. The molecule has 3 aromatic rings. The summed E-state index contributed by atoms with van der Waals surface area (Å²) in [6.07, 6.45) is 0. The SMILES string of the molecule is CCN(CC)C(=O)C(Sc1nnc(-c2cccc(Br)c2)o1)c1ccccc1. The van der Waals surface area contributed by atoms with Crippen LogP contribution < -0.4 is 0 Å². The predicted octanol–water partition coefficient (Wildman–Crippen LogP) is 5.20. The summed E-state index contributed by atoms with van der Waals surface area (Å²) in [7, 11) is 0. The second-order valence-electron chi connectivity index (χ2n) is 5.80. The number of carbonyl (C=O) groups is 1. The van der Waals surface area contributed by atoms with E-state index >= 15 is 0 Å². The molecule has 0 saturated heterocycles. The third-order valence-corrected chi connectivity index (χ3v) is 5.67. The lowest BCUT2D eigenvalue weighted by Crippen LogP contribution is -2.33. The summed E-state index contributed by atoms with van der Waals surface area (Å²) in [6.45, 7) is 5.27. The fraction of sp³-hybridized carbons (Fsp3) is 0.250. The molecule has 140 valence electrons. The summed E-state index contributed by atoms with van der Waals surface area (Å²) in [5.74, 6) is 0.472. The number of rotatable bonds is 7. The van der Waals surface area contributed by atoms with Crippen LogP contribution in [0.2, 0.25) is 0 Å². The molecule has 1 aromatic heterocycles. The fourth-order valence-corrected chi connectivity index (χ4v) is 4.05. The minimum Gasteiger partial charge on any atom is -0.411 e. The van der Waals surface area contributed by atoms with Gasteiger partial charge in [0.25, 0.3) is 5.22 Å². The number of aromatic nitrogens is 2. The normalized spacial score (nSPS) is 12.0. The zero-order chi connectivity index (χ0) is 19.2. The van der Waals surface area contributed by atoms with Crippen molar-refractivity contribution in [3.63, 3.8) is 0 Å². The van der Waals surface area contributed by atoms with Crippen LogP contribution in [0.15, 0.2) is 68.7 Å². The number of nitrogens with zero attached hydrogens (tertiary/aromatic N) is 3. The Balaban J connectivity index is 1.87. The van der Waals surface area contributed by atoms with Crippen molar-refractivity contribution in [2.24, 2.45) is 0 Å². The molecule has 1 atom stereocenters. The Bertz CT molecular complexity index is 897. The summed E-state index contributed by atoms with van der Waals surface area (Å²) < 4.78 is 6.76. The molecule has 0 N–H and O–H groups in total. The molecule has 2 aromatic carbocycles. The Morgan fingerprint density at radius 3 is 2.52 bits per heavy atom. The summed E-state index contributed by atoms with van der Waals surface area (Å²) in [4.78, 5) is 14.9. The smallest absolute Gasteiger partial charge is 0.277 e. The molecule has 0 aliphatic rings. The first kappa shape index (κ1) is 19.6. The van der Waals surface area contributed by atoms with Crippen LogP contribution in [-0.2, 0) is 4.79 Å². The van der Waals surface area contributed by atoms with Crippen LogP contribution in [0.3, 0.4) is 0 Å². The molecule has 1 heterocycles. The van der Waals surface area contributed by atoms with E-state index in [-0.39, 0.29) is 5.91 Å². The van der Waals surface area contributed by atoms with Crippen LogP contribution in [0.1, 0.15) is 24.7 Å². The van der Waals surface area contributed by atoms with Crippen LogP contribution in [-0.4, -0.2) is 34.1 Å². The summed E-state index contributed by atoms with van der Waals surface area (Å²) >= 11 is 4.73. The fourth-order valence-electron chi connectivity index (χ4n) is 2.69. The molecular weight excluding hydrogens is 426 g/mol. The van der Waals surface area contributed by atoms with E-state index in [1.54, 1.807) is 0 Å².